The van der Waals surface area contributed by atoms with Gasteiger partial charge in [0.15, 0.2) is 11.5 Å². The first-order chi connectivity index (χ1) is 12.2. The molecule has 3 nitrogen and oxygen atoms in total. The van der Waals surface area contributed by atoms with Crippen molar-refractivity contribution < 1.29 is 10.2 Å². The van der Waals surface area contributed by atoms with E-state index in [0.29, 0.717) is 0 Å². The number of hydrogen-bond donors (Lipinski definition) is 3. The molecule has 1 aromatic carbocycles. The molecule has 1 aliphatic heterocycles. The zero-order valence-corrected chi connectivity index (χ0v) is 15.2. The maximum atomic E-state index is 10.6. The van der Waals surface area contributed by atoms with Crippen molar-refractivity contribution in [2.24, 2.45) is 5.41 Å². The molecule has 0 amide bonds. The van der Waals surface area contributed by atoms with Gasteiger partial charge in [-0.15, -0.1) is 0 Å². The van der Waals surface area contributed by atoms with E-state index in [1.807, 2.05) is 6.07 Å². The summed E-state index contributed by atoms with van der Waals surface area (Å²) < 4.78 is 0. The lowest BCUT2D eigenvalue weighted by Crippen LogP contribution is -2.38. The van der Waals surface area contributed by atoms with Crippen LogP contribution in [0.25, 0.3) is 5.57 Å². The highest BCUT2D eigenvalue weighted by molar-refractivity contribution is 5.79. The lowest BCUT2D eigenvalue weighted by molar-refractivity contribution is 0.250. The molecular formula is C22H31NO2. The van der Waals surface area contributed by atoms with E-state index in [9.17, 15) is 10.2 Å². The number of fused-ring (bicyclic) bond motifs is 3. The van der Waals surface area contributed by atoms with Crippen LogP contribution in [-0.4, -0.2) is 23.3 Å². The minimum Gasteiger partial charge on any atom is -0.504 e. The molecule has 1 fully saturated rings. The summed E-state index contributed by atoms with van der Waals surface area (Å²) >= 11 is 0. The number of aromatic hydroxyl groups is 2. The molecule has 3 heteroatoms. The smallest absolute Gasteiger partial charge is 0.161 e. The van der Waals surface area contributed by atoms with Crippen LogP contribution in [-0.2, 0) is 6.42 Å². The van der Waals surface area contributed by atoms with Crippen molar-refractivity contribution >= 4 is 5.57 Å². The van der Waals surface area contributed by atoms with Gasteiger partial charge in [-0.05, 0) is 54.8 Å². The Hall–Kier alpha value is -1.48. The van der Waals surface area contributed by atoms with Gasteiger partial charge in [0.05, 0.1) is 0 Å². The van der Waals surface area contributed by atoms with Crippen LogP contribution < -0.4 is 5.32 Å². The first kappa shape index (κ1) is 17.0. The van der Waals surface area contributed by atoms with Gasteiger partial charge in [-0.25, -0.2) is 0 Å². The summed E-state index contributed by atoms with van der Waals surface area (Å²) in [5, 5.41) is 24.2. The molecule has 25 heavy (non-hydrogen) atoms. The van der Waals surface area contributed by atoms with Crippen LogP contribution >= 0.6 is 0 Å². The fourth-order valence-electron chi connectivity index (χ4n) is 5.47. The van der Waals surface area contributed by atoms with Crippen LogP contribution in [0.1, 0.15) is 75.3 Å². The van der Waals surface area contributed by atoms with E-state index in [1.54, 1.807) is 11.6 Å². The predicted octanol–water partition coefficient (Wildman–Crippen LogP) is 4.91. The van der Waals surface area contributed by atoms with Gasteiger partial charge in [0.1, 0.15) is 0 Å². The molecule has 1 saturated carbocycles. The Balaban J connectivity index is 1.79. The number of benzene rings is 1. The molecular weight excluding hydrogens is 310 g/mol. The molecule has 0 saturated heterocycles. The minimum atomic E-state index is 0.0292. The Morgan fingerprint density at radius 2 is 1.56 bits per heavy atom. The lowest BCUT2D eigenvalue weighted by atomic mass is 9.61. The van der Waals surface area contributed by atoms with Crippen molar-refractivity contribution in [2.45, 2.75) is 70.6 Å². The highest BCUT2D eigenvalue weighted by Gasteiger charge is 2.41. The summed E-state index contributed by atoms with van der Waals surface area (Å²) in [5.41, 5.74) is 5.41. The quantitative estimate of drug-likeness (QED) is 0.588. The van der Waals surface area contributed by atoms with Crippen LogP contribution in [0.3, 0.4) is 0 Å². The van der Waals surface area contributed by atoms with Gasteiger partial charge in [-0.2, -0.15) is 0 Å². The van der Waals surface area contributed by atoms with Crippen molar-refractivity contribution in [3.8, 4) is 11.5 Å². The maximum Gasteiger partial charge on any atom is 0.161 e. The van der Waals surface area contributed by atoms with E-state index >= 15 is 0 Å². The Bertz CT molecular complexity index is 667. The third kappa shape index (κ3) is 3.08. The molecule has 0 bridgehead atoms. The first-order valence-electron chi connectivity index (χ1n) is 10.2. The number of phenolic OH excluding ortho intramolecular Hbond substituents is 2. The summed E-state index contributed by atoms with van der Waals surface area (Å²) in [6.07, 6.45) is 13.9. The maximum absolute atomic E-state index is 10.6. The van der Waals surface area contributed by atoms with Crippen LogP contribution in [0.15, 0.2) is 17.7 Å². The predicted molar refractivity (Wildman–Crippen MR) is 102 cm³/mol. The highest BCUT2D eigenvalue weighted by Crippen LogP contribution is 2.54. The van der Waals surface area contributed by atoms with Crippen LogP contribution in [0.5, 0.6) is 11.5 Å². The van der Waals surface area contributed by atoms with Gasteiger partial charge in [-0.1, -0.05) is 56.6 Å². The molecule has 0 unspecified atom stereocenters. The number of hydrogen-bond acceptors (Lipinski definition) is 3. The molecule has 136 valence electrons. The van der Waals surface area contributed by atoms with Crippen LogP contribution in [0.4, 0.5) is 0 Å². The fourth-order valence-corrected chi connectivity index (χ4v) is 5.47. The zero-order valence-electron chi connectivity index (χ0n) is 15.2. The minimum absolute atomic E-state index is 0.0292. The summed E-state index contributed by atoms with van der Waals surface area (Å²) in [4.78, 5) is 0. The van der Waals surface area contributed by atoms with E-state index in [0.717, 1.165) is 31.5 Å². The summed E-state index contributed by atoms with van der Waals surface area (Å²) in [6.45, 7) is 1.97. The molecule has 1 heterocycles. The van der Waals surface area contributed by atoms with Crippen molar-refractivity contribution in [3.63, 3.8) is 0 Å². The molecule has 0 atom stereocenters. The molecule has 4 rings (SSSR count). The molecule has 0 radical (unpaired) electrons. The Labute approximate surface area is 151 Å². The molecule has 1 aromatic rings. The topological polar surface area (TPSA) is 52.5 Å². The highest BCUT2D eigenvalue weighted by atomic mass is 16.3. The Kier molecular flexibility index (Phi) is 4.77. The van der Waals surface area contributed by atoms with Gasteiger partial charge in [0.2, 0.25) is 0 Å². The number of nitrogens with one attached hydrogen (secondary N) is 1. The first-order valence-corrected chi connectivity index (χ1v) is 10.2. The van der Waals surface area contributed by atoms with E-state index in [2.05, 4.69) is 5.32 Å². The second-order valence-electron chi connectivity index (χ2n) is 8.28. The number of phenols is 2. The molecule has 0 aromatic heterocycles. The van der Waals surface area contributed by atoms with Crippen molar-refractivity contribution in [1.29, 1.82) is 0 Å². The van der Waals surface area contributed by atoms with Gasteiger partial charge in [0, 0.05) is 12.1 Å². The normalized spacial score (nSPS) is 23.8. The Morgan fingerprint density at radius 3 is 2.28 bits per heavy atom. The average Bonchev–Trinajstić information content (AvgIpc) is 2.64. The largest absolute Gasteiger partial charge is 0.504 e. The van der Waals surface area contributed by atoms with E-state index in [1.165, 1.54) is 68.9 Å². The SMILES string of the molecule is Oc1ccc2c(c1O)CC1(CCCCCCCCC1)C1=C2CNCC1. The van der Waals surface area contributed by atoms with Crippen molar-refractivity contribution in [2.75, 3.05) is 13.1 Å². The molecule has 1 spiro atoms. The third-order valence-corrected chi connectivity index (χ3v) is 6.77. The summed E-state index contributed by atoms with van der Waals surface area (Å²) in [5.74, 6) is 0.146. The Morgan fingerprint density at radius 1 is 0.880 bits per heavy atom. The second kappa shape index (κ2) is 7.03. The zero-order chi connectivity index (χ0) is 17.3. The molecule has 3 N–H and O–H groups in total. The molecule has 3 aliphatic rings. The van der Waals surface area contributed by atoms with Gasteiger partial charge in [-0.3, -0.25) is 0 Å². The summed E-state index contributed by atoms with van der Waals surface area (Å²) in [6, 6.07) is 3.67. The lowest BCUT2D eigenvalue weighted by Gasteiger charge is -2.45. The fraction of sp³-hybridized carbons (Fsp3) is 0.636. The average molecular weight is 341 g/mol. The van der Waals surface area contributed by atoms with Gasteiger partial charge >= 0.3 is 0 Å². The van der Waals surface area contributed by atoms with Crippen LogP contribution in [0, 0.1) is 5.41 Å². The van der Waals surface area contributed by atoms with Gasteiger partial charge in [0.25, 0.3) is 0 Å². The molecule has 2 aliphatic carbocycles. The van der Waals surface area contributed by atoms with Crippen LogP contribution in [0.2, 0.25) is 0 Å². The second-order valence-corrected chi connectivity index (χ2v) is 8.28. The van der Waals surface area contributed by atoms with Crippen molar-refractivity contribution in [3.05, 3.63) is 28.8 Å². The number of rotatable bonds is 0. The van der Waals surface area contributed by atoms with Gasteiger partial charge < -0.3 is 15.5 Å². The van der Waals surface area contributed by atoms with E-state index in [-0.39, 0.29) is 16.9 Å². The monoisotopic (exact) mass is 341 g/mol. The standard InChI is InChI=1S/C22H31NO2/c24-20-9-8-16-17(21(20)25)14-22(19-10-13-23-15-18(16)19)11-6-4-2-1-3-5-7-12-22/h8-9,23-25H,1-7,10-15H2. The third-order valence-electron chi connectivity index (χ3n) is 6.77. The summed E-state index contributed by atoms with van der Waals surface area (Å²) in [7, 11) is 0. The van der Waals surface area contributed by atoms with E-state index < -0.39 is 0 Å². The van der Waals surface area contributed by atoms with E-state index in [4.69, 9.17) is 0 Å². The van der Waals surface area contributed by atoms with Crippen molar-refractivity contribution in [1.82, 2.24) is 5.32 Å².